The van der Waals surface area contributed by atoms with Gasteiger partial charge in [0, 0.05) is 17.6 Å². The Kier molecular flexibility index (Phi) is 5.58. The molecule has 31 heavy (non-hydrogen) atoms. The van der Waals surface area contributed by atoms with Gasteiger partial charge in [-0.05, 0) is 88.3 Å². The van der Waals surface area contributed by atoms with Gasteiger partial charge in [0.15, 0.2) is 5.60 Å². The van der Waals surface area contributed by atoms with Gasteiger partial charge in [0.25, 0.3) is 5.91 Å². The van der Waals surface area contributed by atoms with Gasteiger partial charge in [-0.2, -0.15) is 18.4 Å². The van der Waals surface area contributed by atoms with E-state index in [9.17, 15) is 28.3 Å². The minimum absolute atomic E-state index is 0.0944. The van der Waals surface area contributed by atoms with E-state index in [1.54, 1.807) is 0 Å². The molecule has 4 nitrogen and oxygen atoms in total. The van der Waals surface area contributed by atoms with Gasteiger partial charge in [-0.3, -0.25) is 4.79 Å². The molecule has 3 fully saturated rings. The van der Waals surface area contributed by atoms with E-state index >= 15 is 0 Å². The van der Waals surface area contributed by atoms with Gasteiger partial charge < -0.3 is 10.0 Å². The summed E-state index contributed by atoms with van der Waals surface area (Å²) >= 11 is 0. The van der Waals surface area contributed by atoms with E-state index in [1.165, 1.54) is 24.3 Å². The molecule has 0 radical (unpaired) electrons. The minimum atomic E-state index is -4.79. The Morgan fingerprint density at radius 3 is 2.03 bits per heavy atom. The number of carbonyl (C=O) groups is 1. The summed E-state index contributed by atoms with van der Waals surface area (Å²) in [6, 6.07) is 8.00. The van der Waals surface area contributed by atoms with Crippen LogP contribution in [0.15, 0.2) is 24.3 Å². The van der Waals surface area contributed by atoms with E-state index in [4.69, 9.17) is 0 Å². The lowest BCUT2D eigenvalue weighted by Gasteiger charge is -2.38. The molecule has 4 rings (SSSR count). The fourth-order valence-corrected chi connectivity index (χ4v) is 4.92. The van der Waals surface area contributed by atoms with Gasteiger partial charge in [0.05, 0.1) is 11.5 Å². The van der Waals surface area contributed by atoms with Gasteiger partial charge in [-0.25, -0.2) is 0 Å². The van der Waals surface area contributed by atoms with Gasteiger partial charge in [-0.15, -0.1) is 0 Å². The Morgan fingerprint density at radius 2 is 1.61 bits per heavy atom. The van der Waals surface area contributed by atoms with Crippen LogP contribution in [0.3, 0.4) is 0 Å². The second-order valence-corrected chi connectivity index (χ2v) is 9.86. The van der Waals surface area contributed by atoms with Gasteiger partial charge in [-0.1, -0.05) is 12.1 Å². The maximum Gasteiger partial charge on any atom is 0.421 e. The molecule has 168 valence electrons. The molecule has 1 atom stereocenters. The lowest BCUT2D eigenvalue weighted by molar-refractivity contribution is -0.258. The molecule has 1 aromatic rings. The molecule has 3 aliphatic carbocycles. The molecule has 0 spiro atoms. The van der Waals surface area contributed by atoms with Crippen LogP contribution in [0.5, 0.6) is 0 Å². The third kappa shape index (κ3) is 4.45. The molecule has 0 heterocycles. The van der Waals surface area contributed by atoms with Gasteiger partial charge in [0.1, 0.15) is 0 Å². The van der Waals surface area contributed by atoms with E-state index in [2.05, 4.69) is 6.07 Å². The summed E-state index contributed by atoms with van der Waals surface area (Å²) < 4.78 is 39.2. The number of nitriles is 1. The number of carbonyl (C=O) groups excluding carboxylic acids is 1. The maximum atomic E-state index is 13.2. The highest BCUT2D eigenvalue weighted by Gasteiger charge is 2.51. The summed E-state index contributed by atoms with van der Waals surface area (Å²) in [6.45, 7) is 0.719. The molecule has 1 N–H and O–H groups in total. The first-order chi connectivity index (χ1) is 14.6. The maximum absolute atomic E-state index is 13.2. The van der Waals surface area contributed by atoms with Crippen molar-refractivity contribution in [1.29, 1.82) is 5.26 Å². The zero-order chi connectivity index (χ0) is 22.4. The molecule has 0 unspecified atom stereocenters. The van der Waals surface area contributed by atoms with Crippen LogP contribution in [-0.2, 0) is 5.60 Å². The monoisotopic (exact) mass is 434 g/mol. The van der Waals surface area contributed by atoms with Crippen molar-refractivity contribution in [3.05, 3.63) is 35.4 Å². The number of nitrogens with zero attached hydrogens (tertiary/aromatic N) is 2. The Balaban J connectivity index is 1.42. The third-order valence-electron chi connectivity index (χ3n) is 7.40. The van der Waals surface area contributed by atoms with E-state index < -0.39 is 11.8 Å². The molecule has 7 heteroatoms. The van der Waals surface area contributed by atoms with Crippen molar-refractivity contribution in [1.82, 2.24) is 4.90 Å². The number of halogens is 3. The van der Waals surface area contributed by atoms with E-state index in [1.807, 2.05) is 4.90 Å². The van der Waals surface area contributed by atoms with Crippen LogP contribution in [0.25, 0.3) is 0 Å². The molecular weight excluding hydrogens is 405 g/mol. The van der Waals surface area contributed by atoms with Crippen LogP contribution in [0.2, 0.25) is 0 Å². The molecule has 3 aliphatic rings. The van der Waals surface area contributed by atoms with Crippen LogP contribution in [0.1, 0.15) is 80.6 Å². The number of hydrogen-bond donors (Lipinski definition) is 1. The zero-order valence-corrected chi connectivity index (χ0v) is 17.8. The number of amides is 1. The Hall–Kier alpha value is -2.07. The summed E-state index contributed by atoms with van der Waals surface area (Å²) in [4.78, 5) is 15.2. The summed E-state index contributed by atoms with van der Waals surface area (Å²) in [5.41, 5.74) is -2.97. The number of benzene rings is 1. The van der Waals surface area contributed by atoms with Crippen LogP contribution in [0, 0.1) is 22.7 Å². The van der Waals surface area contributed by atoms with Crippen molar-refractivity contribution < 1.29 is 23.1 Å². The van der Waals surface area contributed by atoms with E-state index in [0.29, 0.717) is 11.5 Å². The quantitative estimate of drug-likeness (QED) is 0.660. The normalized spacial score (nSPS) is 27.1. The molecule has 0 aliphatic heterocycles. The number of alkyl halides is 3. The topological polar surface area (TPSA) is 64.3 Å². The van der Waals surface area contributed by atoms with E-state index in [-0.39, 0.29) is 29.0 Å². The van der Waals surface area contributed by atoms with Crippen molar-refractivity contribution in [3.8, 4) is 6.07 Å². The second kappa shape index (κ2) is 7.81. The highest BCUT2D eigenvalue weighted by Crippen LogP contribution is 2.52. The first-order valence-electron chi connectivity index (χ1n) is 11.2. The summed E-state index contributed by atoms with van der Waals surface area (Å²) in [7, 11) is 0. The van der Waals surface area contributed by atoms with Crippen LogP contribution < -0.4 is 0 Å². The molecule has 1 amide bonds. The van der Waals surface area contributed by atoms with Crippen molar-refractivity contribution in [2.24, 2.45) is 11.3 Å². The first-order valence-corrected chi connectivity index (χ1v) is 11.2. The predicted molar refractivity (Wildman–Crippen MR) is 109 cm³/mol. The van der Waals surface area contributed by atoms with E-state index in [0.717, 1.165) is 64.7 Å². The standard InChI is InChI=1S/C24H29F3N2O2/c1-22(31,24(25,26)27)18-6-4-17(5-7-18)21(30)29(20-10-11-20)19-8-2-16(3-9-19)14-23(15-28)12-13-23/h4-7,16,19-20,31H,2-3,8-14H2,1H3/t16?,19?,22-/m0/s1. The Morgan fingerprint density at radius 1 is 1.10 bits per heavy atom. The third-order valence-corrected chi connectivity index (χ3v) is 7.40. The molecule has 3 saturated carbocycles. The fraction of sp³-hybridized carbons (Fsp3) is 0.667. The summed E-state index contributed by atoms with van der Waals surface area (Å²) in [5, 5.41) is 19.2. The fourth-order valence-electron chi connectivity index (χ4n) is 4.92. The Bertz CT molecular complexity index is 856. The Labute approximate surface area is 181 Å². The number of aliphatic hydroxyl groups is 1. The van der Waals surface area contributed by atoms with Crippen LogP contribution in [0.4, 0.5) is 13.2 Å². The van der Waals surface area contributed by atoms with Gasteiger partial charge >= 0.3 is 6.18 Å². The highest BCUT2D eigenvalue weighted by molar-refractivity contribution is 5.95. The average molecular weight is 435 g/mol. The summed E-state index contributed by atoms with van der Waals surface area (Å²) in [6.07, 6.45) is 3.96. The molecular formula is C24H29F3N2O2. The molecule has 0 bridgehead atoms. The first kappa shape index (κ1) is 22.1. The SMILES string of the molecule is C[C@](O)(c1ccc(C(=O)N(C2CCC(CC3(C#N)CC3)CC2)C2CC2)cc1)C(F)(F)F. The van der Waals surface area contributed by atoms with Crippen molar-refractivity contribution >= 4 is 5.91 Å². The highest BCUT2D eigenvalue weighted by atomic mass is 19.4. The number of rotatable bonds is 6. The lowest BCUT2D eigenvalue weighted by atomic mass is 9.79. The number of hydrogen-bond acceptors (Lipinski definition) is 3. The van der Waals surface area contributed by atoms with Crippen molar-refractivity contribution in [3.63, 3.8) is 0 Å². The van der Waals surface area contributed by atoms with Crippen molar-refractivity contribution in [2.45, 2.75) is 88.6 Å². The zero-order valence-electron chi connectivity index (χ0n) is 17.8. The molecule has 0 aromatic heterocycles. The van der Waals surface area contributed by atoms with Crippen molar-refractivity contribution in [2.75, 3.05) is 0 Å². The molecule has 1 aromatic carbocycles. The largest absolute Gasteiger partial charge is 0.421 e. The minimum Gasteiger partial charge on any atom is -0.376 e. The lowest BCUT2D eigenvalue weighted by Crippen LogP contribution is -2.44. The molecule has 0 saturated heterocycles. The van der Waals surface area contributed by atoms with Crippen LogP contribution in [-0.4, -0.2) is 34.2 Å². The predicted octanol–water partition coefficient (Wildman–Crippen LogP) is 5.31. The van der Waals surface area contributed by atoms with Crippen LogP contribution >= 0.6 is 0 Å². The summed E-state index contributed by atoms with van der Waals surface area (Å²) in [5.74, 6) is 0.401. The average Bonchev–Trinajstić information content (AvgIpc) is 3.65. The smallest absolute Gasteiger partial charge is 0.376 e. The van der Waals surface area contributed by atoms with Gasteiger partial charge in [0.2, 0.25) is 0 Å². The second-order valence-electron chi connectivity index (χ2n) is 9.86.